The van der Waals surface area contributed by atoms with Crippen molar-refractivity contribution >= 4 is 23.5 Å². The molecule has 0 spiro atoms. The van der Waals surface area contributed by atoms with Gasteiger partial charge in [0.15, 0.2) is 6.04 Å². The number of hydrogen-bond donors (Lipinski definition) is 3. The lowest BCUT2D eigenvalue weighted by Gasteiger charge is -2.25. The van der Waals surface area contributed by atoms with Crippen LogP contribution in [0.25, 0.3) is 0 Å². The van der Waals surface area contributed by atoms with Crippen molar-refractivity contribution in [1.29, 1.82) is 0 Å². The Morgan fingerprint density at radius 3 is 2.37 bits per heavy atom. The van der Waals surface area contributed by atoms with E-state index in [1.165, 1.54) is 0 Å². The molecule has 5 nitrogen and oxygen atoms in total. The molecule has 1 aromatic rings. The zero-order valence-corrected chi connectivity index (χ0v) is 11.8. The predicted molar refractivity (Wildman–Crippen MR) is 73.1 cm³/mol. The molecule has 0 saturated heterocycles. The van der Waals surface area contributed by atoms with Crippen LogP contribution in [-0.2, 0) is 9.59 Å². The van der Waals surface area contributed by atoms with Crippen LogP contribution in [0.5, 0.6) is 0 Å². The van der Waals surface area contributed by atoms with Crippen molar-refractivity contribution in [1.82, 2.24) is 10.6 Å². The van der Waals surface area contributed by atoms with Crippen LogP contribution in [0.4, 0.5) is 0 Å². The van der Waals surface area contributed by atoms with Crippen molar-refractivity contribution in [2.45, 2.75) is 25.4 Å². The van der Waals surface area contributed by atoms with Gasteiger partial charge in [0, 0.05) is 10.6 Å². The Morgan fingerprint density at radius 2 is 1.89 bits per heavy atom. The largest absolute Gasteiger partial charge is 0.479 e. The predicted octanol–water partition coefficient (Wildman–Crippen LogP) is 1.58. The number of nitrogens with one attached hydrogen (secondary N) is 2. The minimum atomic E-state index is -1.17. The Bertz CT molecular complexity index is 489. The normalized spacial score (nSPS) is 12.8. The molecule has 3 N–H and O–H groups in total. The fraction of sp³-hybridized carbons (Fsp3) is 0.385. The first-order chi connectivity index (χ1) is 8.79. The van der Waals surface area contributed by atoms with E-state index in [1.54, 1.807) is 45.2 Å². The van der Waals surface area contributed by atoms with E-state index in [4.69, 9.17) is 11.6 Å². The van der Waals surface area contributed by atoms with Crippen molar-refractivity contribution in [3.8, 4) is 0 Å². The van der Waals surface area contributed by atoms with Crippen LogP contribution in [-0.4, -0.2) is 29.6 Å². The number of carboxylic acid groups (broad SMARTS) is 1. The van der Waals surface area contributed by atoms with Gasteiger partial charge < -0.3 is 15.7 Å². The van der Waals surface area contributed by atoms with E-state index < -0.39 is 23.5 Å². The molecule has 0 aliphatic carbocycles. The number of aliphatic carboxylic acids is 1. The molecule has 0 fully saturated rings. The van der Waals surface area contributed by atoms with Crippen LogP contribution >= 0.6 is 11.6 Å². The number of carbonyl (C=O) groups excluding carboxylic acids is 1. The van der Waals surface area contributed by atoms with Crippen molar-refractivity contribution in [2.75, 3.05) is 7.05 Å². The lowest BCUT2D eigenvalue weighted by atomic mass is 10.0. The lowest BCUT2D eigenvalue weighted by molar-refractivity contribution is -0.142. The van der Waals surface area contributed by atoms with E-state index in [0.29, 0.717) is 10.6 Å². The second-order valence-electron chi connectivity index (χ2n) is 4.64. The van der Waals surface area contributed by atoms with Gasteiger partial charge in [-0.3, -0.25) is 4.79 Å². The highest BCUT2D eigenvalue weighted by atomic mass is 35.5. The first-order valence-electron chi connectivity index (χ1n) is 5.76. The van der Waals surface area contributed by atoms with Gasteiger partial charge in [-0.1, -0.05) is 29.8 Å². The number of halogens is 1. The van der Waals surface area contributed by atoms with Gasteiger partial charge in [-0.05, 0) is 27.0 Å². The fourth-order valence-electron chi connectivity index (χ4n) is 1.41. The SMILES string of the molecule is CNC(C)(C)C(=O)N[C@@H](C(=O)O)c1ccccc1Cl. The first kappa shape index (κ1) is 15.5. The molecule has 1 atom stereocenters. The average Bonchev–Trinajstić information content (AvgIpc) is 2.36. The van der Waals surface area contributed by atoms with Gasteiger partial charge in [-0.15, -0.1) is 0 Å². The van der Waals surface area contributed by atoms with E-state index in [0.717, 1.165) is 0 Å². The number of likely N-dealkylation sites (N-methyl/N-ethyl adjacent to an activating group) is 1. The Morgan fingerprint density at radius 1 is 1.32 bits per heavy atom. The zero-order chi connectivity index (χ0) is 14.6. The average molecular weight is 285 g/mol. The molecule has 0 aliphatic rings. The molecule has 0 unspecified atom stereocenters. The maximum atomic E-state index is 12.0. The molecule has 1 aromatic carbocycles. The van der Waals surface area contributed by atoms with E-state index >= 15 is 0 Å². The molecular formula is C13H17ClN2O3. The second-order valence-corrected chi connectivity index (χ2v) is 5.05. The second kappa shape index (κ2) is 6.04. The maximum absolute atomic E-state index is 12.0. The molecule has 0 aromatic heterocycles. The third-order valence-electron chi connectivity index (χ3n) is 2.93. The molecule has 0 radical (unpaired) electrons. The summed E-state index contributed by atoms with van der Waals surface area (Å²) in [7, 11) is 1.63. The molecule has 0 saturated carbocycles. The van der Waals surface area contributed by atoms with Crippen LogP contribution in [0.2, 0.25) is 5.02 Å². The number of hydrogen-bond acceptors (Lipinski definition) is 3. The summed E-state index contributed by atoms with van der Waals surface area (Å²) in [6, 6.07) is 5.36. The summed E-state index contributed by atoms with van der Waals surface area (Å²) >= 11 is 5.96. The van der Waals surface area contributed by atoms with E-state index in [2.05, 4.69) is 10.6 Å². The Labute approximate surface area is 117 Å². The molecule has 104 valence electrons. The summed E-state index contributed by atoms with van der Waals surface area (Å²) in [6.45, 7) is 3.32. The van der Waals surface area contributed by atoms with Crippen LogP contribution in [0, 0.1) is 0 Å². The van der Waals surface area contributed by atoms with Gasteiger partial charge in [0.2, 0.25) is 5.91 Å². The summed E-state index contributed by atoms with van der Waals surface area (Å²) in [6.07, 6.45) is 0. The van der Waals surface area contributed by atoms with Gasteiger partial charge in [0.25, 0.3) is 0 Å². The van der Waals surface area contributed by atoms with Gasteiger partial charge in [0.1, 0.15) is 0 Å². The third-order valence-corrected chi connectivity index (χ3v) is 3.28. The van der Waals surface area contributed by atoms with Gasteiger partial charge in [0.05, 0.1) is 5.54 Å². The van der Waals surface area contributed by atoms with E-state index in [1.807, 2.05) is 0 Å². The quantitative estimate of drug-likeness (QED) is 0.767. The summed E-state index contributed by atoms with van der Waals surface area (Å²) in [5.74, 6) is -1.57. The zero-order valence-electron chi connectivity index (χ0n) is 11.0. The summed E-state index contributed by atoms with van der Waals surface area (Å²) in [5, 5.41) is 14.8. The van der Waals surface area contributed by atoms with Gasteiger partial charge in [-0.25, -0.2) is 4.79 Å². The highest BCUT2D eigenvalue weighted by Gasteiger charge is 2.31. The monoisotopic (exact) mass is 284 g/mol. The third kappa shape index (κ3) is 3.68. The lowest BCUT2D eigenvalue weighted by Crippen LogP contribution is -2.52. The highest BCUT2D eigenvalue weighted by Crippen LogP contribution is 2.23. The van der Waals surface area contributed by atoms with E-state index in [-0.39, 0.29) is 0 Å². The van der Waals surface area contributed by atoms with Crippen LogP contribution in [0.15, 0.2) is 24.3 Å². The van der Waals surface area contributed by atoms with Crippen molar-refractivity contribution in [3.63, 3.8) is 0 Å². The number of amides is 1. The topological polar surface area (TPSA) is 78.4 Å². The van der Waals surface area contributed by atoms with Gasteiger partial charge >= 0.3 is 5.97 Å². The molecule has 0 heterocycles. The molecule has 0 bridgehead atoms. The Kier molecular flexibility index (Phi) is 4.91. The Hall–Kier alpha value is -1.59. The Balaban J connectivity index is 3.02. The fourth-order valence-corrected chi connectivity index (χ4v) is 1.65. The number of benzene rings is 1. The van der Waals surface area contributed by atoms with E-state index in [9.17, 15) is 14.7 Å². The number of rotatable bonds is 5. The molecule has 1 amide bonds. The molecule has 19 heavy (non-hydrogen) atoms. The van der Waals surface area contributed by atoms with Crippen LogP contribution < -0.4 is 10.6 Å². The van der Waals surface area contributed by atoms with Crippen LogP contribution in [0.3, 0.4) is 0 Å². The highest BCUT2D eigenvalue weighted by molar-refractivity contribution is 6.31. The summed E-state index contributed by atoms with van der Waals surface area (Å²) in [4.78, 5) is 23.3. The minimum Gasteiger partial charge on any atom is -0.479 e. The summed E-state index contributed by atoms with van der Waals surface area (Å²) < 4.78 is 0. The molecular weight excluding hydrogens is 268 g/mol. The van der Waals surface area contributed by atoms with Crippen LogP contribution in [0.1, 0.15) is 25.5 Å². The standard InChI is InChI=1S/C13H17ClN2O3/c1-13(2,15-3)12(19)16-10(11(17)18)8-6-4-5-7-9(8)14/h4-7,10,15H,1-3H3,(H,16,19)(H,17,18)/t10-/m1/s1. The number of carboxylic acids is 1. The van der Waals surface area contributed by atoms with Crippen molar-refractivity contribution in [3.05, 3.63) is 34.9 Å². The first-order valence-corrected chi connectivity index (χ1v) is 6.14. The number of carbonyl (C=O) groups is 2. The van der Waals surface area contributed by atoms with Crippen molar-refractivity contribution in [2.24, 2.45) is 0 Å². The molecule has 1 rings (SSSR count). The molecule has 6 heteroatoms. The summed E-state index contributed by atoms with van der Waals surface area (Å²) in [5.41, 5.74) is -0.508. The van der Waals surface area contributed by atoms with Crippen molar-refractivity contribution < 1.29 is 14.7 Å². The van der Waals surface area contributed by atoms with Gasteiger partial charge in [-0.2, -0.15) is 0 Å². The minimum absolute atomic E-state index is 0.303. The maximum Gasteiger partial charge on any atom is 0.330 e. The molecule has 0 aliphatic heterocycles. The smallest absolute Gasteiger partial charge is 0.330 e.